The molecular weight excluding hydrogens is 242 g/mol. The number of nitrogens with zero attached hydrogens (tertiary/aromatic N) is 2. The summed E-state index contributed by atoms with van der Waals surface area (Å²) < 4.78 is 0. The van der Waals surface area contributed by atoms with Gasteiger partial charge in [0.05, 0.1) is 11.2 Å². The lowest BCUT2D eigenvalue weighted by atomic mass is 9.92. The van der Waals surface area contributed by atoms with Crippen molar-refractivity contribution in [2.45, 2.75) is 58.0 Å². The van der Waals surface area contributed by atoms with E-state index < -0.39 is 0 Å². The van der Waals surface area contributed by atoms with Crippen molar-refractivity contribution in [1.82, 2.24) is 9.88 Å². The smallest absolute Gasteiger partial charge is 0.0795 e. The van der Waals surface area contributed by atoms with Crippen LogP contribution in [-0.2, 0) is 6.54 Å². The highest BCUT2D eigenvalue weighted by Gasteiger charge is 2.27. The summed E-state index contributed by atoms with van der Waals surface area (Å²) in [6.07, 6.45) is 6.37. The summed E-state index contributed by atoms with van der Waals surface area (Å²) in [7, 11) is 2.16. The second kappa shape index (κ2) is 7.87. The molecule has 0 aromatic carbocycles. The van der Waals surface area contributed by atoms with Crippen molar-refractivity contribution in [2.24, 2.45) is 5.73 Å². The molecule has 1 rings (SSSR count). The minimum Gasteiger partial charge on any atom is -0.329 e. The Hall–Kier alpha value is -0.450. The van der Waals surface area contributed by atoms with Crippen LogP contribution < -0.4 is 5.73 Å². The molecule has 1 aromatic rings. The highest BCUT2D eigenvalue weighted by Crippen LogP contribution is 2.22. The van der Waals surface area contributed by atoms with Crippen LogP contribution in [0.25, 0.3) is 0 Å². The predicted octanol–water partition coefficient (Wildman–Crippen LogP) is 3.26. The summed E-state index contributed by atoms with van der Waals surface area (Å²) in [5.74, 6) is 0. The van der Waals surface area contributed by atoms with Gasteiger partial charge in [0.1, 0.15) is 0 Å². The average Bonchev–Trinajstić information content (AvgIpc) is 2.87. The van der Waals surface area contributed by atoms with E-state index in [0.29, 0.717) is 6.54 Å². The van der Waals surface area contributed by atoms with Gasteiger partial charge in [0.2, 0.25) is 0 Å². The molecule has 0 aliphatic rings. The Labute approximate surface area is 115 Å². The molecule has 0 radical (unpaired) electrons. The Morgan fingerprint density at radius 3 is 2.72 bits per heavy atom. The molecule has 0 aliphatic carbocycles. The Balaban J connectivity index is 2.45. The Morgan fingerprint density at radius 2 is 2.17 bits per heavy atom. The number of aromatic nitrogens is 1. The highest BCUT2D eigenvalue weighted by atomic mass is 32.1. The van der Waals surface area contributed by atoms with Gasteiger partial charge in [-0.1, -0.05) is 32.6 Å². The number of hydrogen-bond donors (Lipinski definition) is 1. The Morgan fingerprint density at radius 1 is 1.39 bits per heavy atom. The number of nitrogens with two attached hydrogens (primary N) is 1. The van der Waals surface area contributed by atoms with E-state index in [9.17, 15) is 0 Å². The Kier molecular flexibility index (Phi) is 6.82. The van der Waals surface area contributed by atoms with Crippen LogP contribution in [-0.4, -0.2) is 29.0 Å². The zero-order valence-corrected chi connectivity index (χ0v) is 12.8. The normalized spacial score (nSPS) is 14.9. The molecule has 0 bridgehead atoms. The molecule has 4 heteroatoms. The SMILES string of the molecule is CCCCCCC(C)(CN)N(C)Cc1cscn1. The molecule has 1 unspecified atom stereocenters. The maximum absolute atomic E-state index is 5.99. The van der Waals surface area contributed by atoms with E-state index in [1.165, 1.54) is 32.1 Å². The molecule has 0 spiro atoms. The van der Waals surface area contributed by atoms with Gasteiger partial charge < -0.3 is 5.73 Å². The Bertz CT molecular complexity index is 313. The first-order valence-corrected chi connectivity index (χ1v) is 7.85. The summed E-state index contributed by atoms with van der Waals surface area (Å²) >= 11 is 1.66. The van der Waals surface area contributed by atoms with E-state index in [4.69, 9.17) is 5.73 Å². The lowest BCUT2D eigenvalue weighted by Gasteiger charge is -2.38. The lowest BCUT2D eigenvalue weighted by Crippen LogP contribution is -2.49. The minimum atomic E-state index is 0.0946. The topological polar surface area (TPSA) is 42.1 Å². The molecule has 1 aromatic heterocycles. The van der Waals surface area contributed by atoms with E-state index in [0.717, 1.165) is 12.2 Å². The van der Waals surface area contributed by atoms with Crippen molar-refractivity contribution in [2.75, 3.05) is 13.6 Å². The standard InChI is InChI=1S/C14H27N3S/c1-4-5-6-7-8-14(2,11-15)17(3)9-13-10-18-12-16-13/h10,12H,4-9,11,15H2,1-3H3. The lowest BCUT2D eigenvalue weighted by molar-refractivity contribution is 0.121. The minimum absolute atomic E-state index is 0.0946. The second-order valence-electron chi connectivity index (χ2n) is 5.35. The van der Waals surface area contributed by atoms with Crippen molar-refractivity contribution in [3.8, 4) is 0 Å². The first-order chi connectivity index (χ1) is 8.62. The van der Waals surface area contributed by atoms with Gasteiger partial charge in [0.15, 0.2) is 0 Å². The van der Waals surface area contributed by atoms with Crippen LogP contribution >= 0.6 is 11.3 Å². The summed E-state index contributed by atoms with van der Waals surface area (Å²) in [5, 5.41) is 2.12. The van der Waals surface area contributed by atoms with E-state index in [1.807, 2.05) is 5.51 Å². The van der Waals surface area contributed by atoms with Gasteiger partial charge in [-0.05, 0) is 20.4 Å². The summed E-state index contributed by atoms with van der Waals surface area (Å²) in [6.45, 7) is 6.12. The number of likely N-dealkylation sites (N-methyl/N-ethyl adjacent to an activating group) is 1. The van der Waals surface area contributed by atoms with Crippen molar-refractivity contribution < 1.29 is 0 Å². The molecule has 0 aliphatic heterocycles. The zero-order chi connectivity index (χ0) is 13.4. The predicted molar refractivity (Wildman–Crippen MR) is 79.8 cm³/mol. The number of unbranched alkanes of at least 4 members (excludes halogenated alkanes) is 3. The molecule has 1 atom stereocenters. The number of rotatable bonds is 9. The fourth-order valence-electron chi connectivity index (χ4n) is 2.13. The van der Waals surface area contributed by atoms with Crippen molar-refractivity contribution in [1.29, 1.82) is 0 Å². The van der Waals surface area contributed by atoms with Crippen LogP contribution in [0.2, 0.25) is 0 Å². The fraction of sp³-hybridized carbons (Fsp3) is 0.786. The van der Waals surface area contributed by atoms with Crippen LogP contribution in [0.5, 0.6) is 0 Å². The van der Waals surface area contributed by atoms with Crippen LogP contribution in [0.1, 0.15) is 51.6 Å². The molecule has 0 fully saturated rings. The monoisotopic (exact) mass is 269 g/mol. The summed E-state index contributed by atoms with van der Waals surface area (Å²) in [5.41, 5.74) is 9.13. The largest absolute Gasteiger partial charge is 0.329 e. The van der Waals surface area contributed by atoms with Gasteiger partial charge in [0, 0.05) is 24.0 Å². The first kappa shape index (κ1) is 15.6. The molecule has 3 nitrogen and oxygen atoms in total. The van der Waals surface area contributed by atoms with E-state index in [1.54, 1.807) is 11.3 Å². The molecular formula is C14H27N3S. The van der Waals surface area contributed by atoms with Gasteiger partial charge in [-0.2, -0.15) is 0 Å². The van der Waals surface area contributed by atoms with Crippen LogP contribution in [0.3, 0.4) is 0 Å². The third-order valence-corrected chi connectivity index (χ3v) is 4.45. The molecule has 1 heterocycles. The van der Waals surface area contributed by atoms with E-state index >= 15 is 0 Å². The zero-order valence-electron chi connectivity index (χ0n) is 12.0. The van der Waals surface area contributed by atoms with Crippen molar-refractivity contribution in [3.63, 3.8) is 0 Å². The van der Waals surface area contributed by atoms with Crippen LogP contribution in [0, 0.1) is 0 Å². The molecule has 0 saturated carbocycles. The average molecular weight is 269 g/mol. The maximum atomic E-state index is 5.99. The van der Waals surface area contributed by atoms with Gasteiger partial charge in [0.25, 0.3) is 0 Å². The molecule has 18 heavy (non-hydrogen) atoms. The van der Waals surface area contributed by atoms with Crippen molar-refractivity contribution in [3.05, 3.63) is 16.6 Å². The first-order valence-electron chi connectivity index (χ1n) is 6.90. The summed E-state index contributed by atoms with van der Waals surface area (Å²) in [6, 6.07) is 0. The second-order valence-corrected chi connectivity index (χ2v) is 6.07. The van der Waals surface area contributed by atoms with E-state index in [-0.39, 0.29) is 5.54 Å². The van der Waals surface area contributed by atoms with Gasteiger partial charge in [-0.15, -0.1) is 11.3 Å². The van der Waals surface area contributed by atoms with Crippen LogP contribution in [0.15, 0.2) is 10.9 Å². The summed E-state index contributed by atoms with van der Waals surface area (Å²) in [4.78, 5) is 6.70. The molecule has 2 N–H and O–H groups in total. The van der Waals surface area contributed by atoms with Gasteiger partial charge in [-0.3, -0.25) is 4.90 Å². The number of hydrogen-bond acceptors (Lipinski definition) is 4. The third kappa shape index (κ3) is 4.67. The van der Waals surface area contributed by atoms with Crippen molar-refractivity contribution >= 4 is 11.3 Å². The fourth-order valence-corrected chi connectivity index (χ4v) is 2.68. The van der Waals surface area contributed by atoms with Gasteiger partial charge >= 0.3 is 0 Å². The molecule has 0 saturated heterocycles. The highest BCUT2D eigenvalue weighted by molar-refractivity contribution is 7.07. The quantitative estimate of drug-likeness (QED) is 0.700. The third-order valence-electron chi connectivity index (χ3n) is 3.81. The number of thiazole rings is 1. The van der Waals surface area contributed by atoms with E-state index in [2.05, 4.69) is 36.2 Å². The molecule has 0 amide bonds. The van der Waals surface area contributed by atoms with Crippen LogP contribution in [0.4, 0.5) is 0 Å². The van der Waals surface area contributed by atoms with Gasteiger partial charge in [-0.25, -0.2) is 4.98 Å². The molecule has 104 valence electrons. The maximum Gasteiger partial charge on any atom is 0.0795 e.